The summed E-state index contributed by atoms with van der Waals surface area (Å²) in [6, 6.07) is 5.86. The Labute approximate surface area is 111 Å². The lowest BCUT2D eigenvalue weighted by Gasteiger charge is -2.15. The number of carbonyl (C=O) groups excluding carboxylic acids is 1. The van der Waals surface area contributed by atoms with E-state index >= 15 is 0 Å². The zero-order valence-electron chi connectivity index (χ0n) is 11.3. The number of hydrogen-bond donors (Lipinski definition) is 2. The minimum atomic E-state index is -0.0762. The maximum Gasteiger partial charge on any atom is 0.298 e. The van der Waals surface area contributed by atoms with Gasteiger partial charge in [0.05, 0.1) is 5.69 Å². The van der Waals surface area contributed by atoms with Crippen LogP contribution in [0, 0.1) is 0 Å². The second kappa shape index (κ2) is 5.17. The van der Waals surface area contributed by atoms with Gasteiger partial charge in [0, 0.05) is 13.1 Å². The largest absolute Gasteiger partial charge is 0.423 e. The van der Waals surface area contributed by atoms with Crippen molar-refractivity contribution in [1.82, 2.24) is 10.3 Å². The Morgan fingerprint density at radius 3 is 2.89 bits per heavy atom. The fourth-order valence-electron chi connectivity index (χ4n) is 1.77. The van der Waals surface area contributed by atoms with Crippen LogP contribution in [0.15, 0.2) is 22.6 Å². The molecule has 0 bridgehead atoms. The monoisotopic (exact) mass is 262 g/mol. The van der Waals surface area contributed by atoms with E-state index in [1.54, 1.807) is 30.1 Å². The van der Waals surface area contributed by atoms with Crippen LogP contribution in [0.4, 0.5) is 11.7 Å². The van der Waals surface area contributed by atoms with Crippen LogP contribution in [0.3, 0.4) is 0 Å². The van der Waals surface area contributed by atoms with Crippen molar-refractivity contribution >= 4 is 28.7 Å². The van der Waals surface area contributed by atoms with Crippen LogP contribution in [-0.4, -0.2) is 30.5 Å². The lowest BCUT2D eigenvalue weighted by atomic mass is 10.3. The smallest absolute Gasteiger partial charge is 0.298 e. The van der Waals surface area contributed by atoms with Crippen LogP contribution in [0.5, 0.6) is 0 Å². The standard InChI is InChI=1S/C13H18N4O2/c1-8(2)15-11(18)7-17(3)13-16-12-9(14)5-4-6-10(12)19-13/h4-6,8H,7,14H2,1-3H3,(H,15,18). The molecule has 0 spiro atoms. The first-order valence-electron chi connectivity index (χ1n) is 6.13. The summed E-state index contributed by atoms with van der Waals surface area (Å²) in [7, 11) is 1.75. The molecule has 0 fully saturated rings. The fourth-order valence-corrected chi connectivity index (χ4v) is 1.77. The van der Waals surface area contributed by atoms with Gasteiger partial charge in [-0.25, -0.2) is 0 Å². The molecule has 2 rings (SSSR count). The number of nitrogen functional groups attached to an aromatic ring is 1. The van der Waals surface area contributed by atoms with Crippen LogP contribution in [0.1, 0.15) is 13.8 Å². The molecule has 1 aromatic carbocycles. The number of carbonyl (C=O) groups is 1. The summed E-state index contributed by atoms with van der Waals surface area (Å²) >= 11 is 0. The van der Waals surface area contributed by atoms with Crippen LogP contribution in [0.25, 0.3) is 11.1 Å². The lowest BCUT2D eigenvalue weighted by Crippen LogP contribution is -2.38. The molecular formula is C13H18N4O2. The number of benzene rings is 1. The van der Waals surface area contributed by atoms with Gasteiger partial charge in [-0.1, -0.05) is 6.07 Å². The van der Waals surface area contributed by atoms with E-state index < -0.39 is 0 Å². The third-order valence-corrected chi connectivity index (χ3v) is 2.60. The zero-order chi connectivity index (χ0) is 14.0. The summed E-state index contributed by atoms with van der Waals surface area (Å²) in [6.45, 7) is 4.01. The summed E-state index contributed by atoms with van der Waals surface area (Å²) < 4.78 is 5.57. The number of rotatable bonds is 4. The Balaban J connectivity index is 2.15. The molecule has 3 N–H and O–H groups in total. The molecule has 2 aromatic rings. The fraction of sp³-hybridized carbons (Fsp3) is 0.385. The maximum absolute atomic E-state index is 11.7. The molecule has 0 radical (unpaired) electrons. The third kappa shape index (κ3) is 2.96. The molecular weight excluding hydrogens is 244 g/mol. The van der Waals surface area contributed by atoms with Crippen molar-refractivity contribution in [3.8, 4) is 0 Å². The van der Waals surface area contributed by atoms with Gasteiger partial charge in [-0.15, -0.1) is 0 Å². The zero-order valence-corrected chi connectivity index (χ0v) is 11.3. The van der Waals surface area contributed by atoms with Gasteiger partial charge in [0.1, 0.15) is 12.1 Å². The van der Waals surface area contributed by atoms with Gasteiger partial charge in [0.2, 0.25) is 5.91 Å². The van der Waals surface area contributed by atoms with Crippen LogP contribution in [-0.2, 0) is 4.79 Å². The average Bonchev–Trinajstić information content (AvgIpc) is 2.73. The van der Waals surface area contributed by atoms with E-state index in [9.17, 15) is 4.79 Å². The normalized spacial score (nSPS) is 10.9. The summed E-state index contributed by atoms with van der Waals surface area (Å²) in [4.78, 5) is 17.6. The number of amides is 1. The van der Waals surface area contributed by atoms with E-state index in [2.05, 4.69) is 10.3 Å². The Morgan fingerprint density at radius 1 is 1.53 bits per heavy atom. The predicted molar refractivity (Wildman–Crippen MR) is 75.0 cm³/mol. The molecule has 0 saturated carbocycles. The molecule has 0 unspecified atom stereocenters. The second-order valence-electron chi connectivity index (χ2n) is 4.77. The third-order valence-electron chi connectivity index (χ3n) is 2.60. The molecule has 1 aromatic heterocycles. The Kier molecular flexibility index (Phi) is 3.59. The van der Waals surface area contributed by atoms with E-state index in [1.807, 2.05) is 13.8 Å². The highest BCUT2D eigenvalue weighted by molar-refractivity contribution is 5.87. The van der Waals surface area contributed by atoms with E-state index in [0.29, 0.717) is 22.8 Å². The number of para-hydroxylation sites is 1. The van der Waals surface area contributed by atoms with Crippen LogP contribution < -0.4 is 16.0 Å². The Morgan fingerprint density at radius 2 is 2.26 bits per heavy atom. The molecule has 0 aliphatic carbocycles. The van der Waals surface area contributed by atoms with Crippen molar-refractivity contribution in [1.29, 1.82) is 0 Å². The summed E-state index contributed by atoms with van der Waals surface area (Å²) in [6.07, 6.45) is 0. The molecule has 102 valence electrons. The van der Waals surface area contributed by atoms with Crippen molar-refractivity contribution < 1.29 is 9.21 Å². The molecule has 19 heavy (non-hydrogen) atoms. The van der Waals surface area contributed by atoms with E-state index in [0.717, 1.165) is 0 Å². The first-order valence-corrected chi connectivity index (χ1v) is 6.13. The summed E-state index contributed by atoms with van der Waals surface area (Å²) in [5.41, 5.74) is 7.61. The number of nitrogens with one attached hydrogen (secondary N) is 1. The van der Waals surface area contributed by atoms with Crippen LogP contribution in [0.2, 0.25) is 0 Å². The van der Waals surface area contributed by atoms with Crippen molar-refractivity contribution in [2.45, 2.75) is 19.9 Å². The van der Waals surface area contributed by atoms with Crippen molar-refractivity contribution in [2.75, 3.05) is 24.2 Å². The lowest BCUT2D eigenvalue weighted by molar-refractivity contribution is -0.120. The maximum atomic E-state index is 11.7. The number of fused-ring (bicyclic) bond motifs is 1. The SMILES string of the molecule is CC(C)NC(=O)CN(C)c1nc2c(N)cccc2o1. The van der Waals surface area contributed by atoms with E-state index in [4.69, 9.17) is 10.2 Å². The molecule has 6 heteroatoms. The molecule has 0 aliphatic heterocycles. The van der Waals surface area contributed by atoms with Gasteiger partial charge in [0.25, 0.3) is 6.01 Å². The number of likely N-dealkylation sites (N-methyl/N-ethyl adjacent to an activating group) is 1. The minimum Gasteiger partial charge on any atom is -0.423 e. The van der Waals surface area contributed by atoms with Gasteiger partial charge in [-0.3, -0.25) is 4.79 Å². The predicted octanol–water partition coefficient (Wildman–Crippen LogP) is 1.37. The molecule has 6 nitrogen and oxygen atoms in total. The quantitative estimate of drug-likeness (QED) is 0.813. The number of nitrogens with two attached hydrogens (primary N) is 1. The van der Waals surface area contributed by atoms with E-state index in [-0.39, 0.29) is 18.5 Å². The van der Waals surface area contributed by atoms with Gasteiger partial charge in [-0.2, -0.15) is 4.98 Å². The second-order valence-corrected chi connectivity index (χ2v) is 4.77. The Hall–Kier alpha value is -2.24. The number of hydrogen-bond acceptors (Lipinski definition) is 5. The molecule has 0 atom stereocenters. The first-order chi connectivity index (χ1) is 8.97. The topological polar surface area (TPSA) is 84.4 Å². The summed E-state index contributed by atoms with van der Waals surface area (Å²) in [5.74, 6) is -0.0762. The van der Waals surface area contributed by atoms with Crippen molar-refractivity contribution in [3.63, 3.8) is 0 Å². The highest BCUT2D eigenvalue weighted by atomic mass is 16.4. The minimum absolute atomic E-state index is 0.0762. The number of anilines is 2. The van der Waals surface area contributed by atoms with Gasteiger partial charge in [0.15, 0.2) is 5.58 Å². The molecule has 1 heterocycles. The van der Waals surface area contributed by atoms with E-state index in [1.165, 1.54) is 0 Å². The highest BCUT2D eigenvalue weighted by Crippen LogP contribution is 2.25. The highest BCUT2D eigenvalue weighted by Gasteiger charge is 2.15. The first kappa shape index (κ1) is 13.2. The Bertz CT molecular complexity index is 591. The van der Waals surface area contributed by atoms with Crippen molar-refractivity contribution in [2.24, 2.45) is 0 Å². The molecule has 0 aliphatic rings. The number of oxazole rings is 1. The summed E-state index contributed by atoms with van der Waals surface area (Å²) in [5, 5.41) is 2.81. The van der Waals surface area contributed by atoms with Crippen LogP contribution >= 0.6 is 0 Å². The van der Waals surface area contributed by atoms with Crippen molar-refractivity contribution in [3.05, 3.63) is 18.2 Å². The van der Waals surface area contributed by atoms with Gasteiger partial charge in [-0.05, 0) is 26.0 Å². The average molecular weight is 262 g/mol. The van der Waals surface area contributed by atoms with Gasteiger partial charge >= 0.3 is 0 Å². The molecule has 0 saturated heterocycles. The number of aromatic nitrogens is 1. The van der Waals surface area contributed by atoms with Gasteiger partial charge < -0.3 is 20.4 Å². The molecule has 1 amide bonds. The number of nitrogens with zero attached hydrogens (tertiary/aromatic N) is 2.